The molecule has 0 radical (unpaired) electrons. The van der Waals surface area contributed by atoms with Crippen molar-refractivity contribution in [3.05, 3.63) is 74.1 Å². The summed E-state index contributed by atoms with van der Waals surface area (Å²) >= 11 is 13.0. The Hall–Kier alpha value is -1.93. The first-order valence-corrected chi connectivity index (χ1v) is 11.3. The van der Waals surface area contributed by atoms with Gasteiger partial charge in [0.15, 0.2) is 0 Å². The number of rotatable bonds is 3. The SMILES string of the molecule is O=C1C[C@@H](c2cc(Cl)ccc2F)c2scc(S(=O)(=O)c3ccc(Cl)cc3)c2N1. The molecule has 0 bridgehead atoms. The minimum absolute atomic E-state index is 0.00517. The van der Waals surface area contributed by atoms with Gasteiger partial charge in [-0.1, -0.05) is 23.2 Å². The van der Waals surface area contributed by atoms with Crippen molar-refractivity contribution in [1.29, 1.82) is 0 Å². The molecule has 3 aromatic rings. The first-order chi connectivity index (χ1) is 13.3. The van der Waals surface area contributed by atoms with Gasteiger partial charge in [0.1, 0.15) is 10.7 Å². The minimum atomic E-state index is -3.88. The van der Waals surface area contributed by atoms with Gasteiger partial charge in [-0.15, -0.1) is 11.3 Å². The summed E-state index contributed by atoms with van der Waals surface area (Å²) in [6.45, 7) is 0. The van der Waals surface area contributed by atoms with Gasteiger partial charge in [-0.25, -0.2) is 12.8 Å². The Morgan fingerprint density at radius 3 is 2.46 bits per heavy atom. The fourth-order valence-electron chi connectivity index (χ4n) is 3.18. The molecule has 28 heavy (non-hydrogen) atoms. The van der Waals surface area contributed by atoms with E-state index in [4.69, 9.17) is 23.2 Å². The molecule has 4 nitrogen and oxygen atoms in total. The van der Waals surface area contributed by atoms with Gasteiger partial charge in [0.05, 0.1) is 10.6 Å². The molecule has 0 aliphatic carbocycles. The molecule has 4 rings (SSSR count). The van der Waals surface area contributed by atoms with E-state index in [9.17, 15) is 17.6 Å². The summed E-state index contributed by atoms with van der Waals surface area (Å²) in [5, 5.41) is 4.86. The normalized spacial score (nSPS) is 16.5. The highest BCUT2D eigenvalue weighted by atomic mass is 35.5. The van der Waals surface area contributed by atoms with Crippen LogP contribution >= 0.6 is 34.5 Å². The maximum atomic E-state index is 14.4. The van der Waals surface area contributed by atoms with Gasteiger partial charge >= 0.3 is 0 Å². The standard InChI is InChI=1S/C19H12Cl2FNO3S2/c20-10-1-4-12(5-2-10)28(25,26)16-9-27-19-14(8-17(24)23-18(16)19)13-7-11(21)3-6-15(13)22/h1-7,9,14H,8H2,(H,23,24)/t14-/m0/s1. The average Bonchev–Trinajstić information content (AvgIpc) is 3.08. The number of fused-ring (bicyclic) bond motifs is 1. The Balaban J connectivity index is 1.85. The number of amides is 1. The molecule has 0 unspecified atom stereocenters. The Labute approximate surface area is 174 Å². The number of carbonyl (C=O) groups excluding carboxylic acids is 1. The Kier molecular flexibility index (Phi) is 4.95. The lowest BCUT2D eigenvalue weighted by molar-refractivity contribution is -0.116. The number of sulfone groups is 1. The first-order valence-electron chi connectivity index (χ1n) is 8.14. The Morgan fingerprint density at radius 1 is 1.07 bits per heavy atom. The van der Waals surface area contributed by atoms with Crippen LogP contribution in [0.3, 0.4) is 0 Å². The molecule has 2 aromatic carbocycles. The highest BCUT2D eigenvalue weighted by Crippen LogP contribution is 2.46. The summed E-state index contributed by atoms with van der Waals surface area (Å²) < 4.78 is 40.5. The zero-order valence-corrected chi connectivity index (χ0v) is 17.2. The van der Waals surface area contributed by atoms with Crippen molar-refractivity contribution in [3.63, 3.8) is 0 Å². The lowest BCUT2D eigenvalue weighted by atomic mass is 9.90. The molecule has 1 N–H and O–H groups in total. The predicted molar refractivity (Wildman–Crippen MR) is 108 cm³/mol. The molecule has 0 saturated heterocycles. The van der Waals surface area contributed by atoms with Crippen LogP contribution in [0.4, 0.5) is 10.1 Å². The molecule has 1 amide bonds. The second kappa shape index (κ2) is 7.15. The maximum absolute atomic E-state index is 14.4. The highest BCUT2D eigenvalue weighted by molar-refractivity contribution is 7.91. The van der Waals surface area contributed by atoms with Gasteiger partial charge in [-0.3, -0.25) is 4.79 Å². The van der Waals surface area contributed by atoms with Crippen LogP contribution in [0.25, 0.3) is 0 Å². The van der Waals surface area contributed by atoms with Crippen molar-refractivity contribution >= 4 is 56.0 Å². The highest BCUT2D eigenvalue weighted by Gasteiger charge is 2.35. The van der Waals surface area contributed by atoms with Crippen molar-refractivity contribution in [3.8, 4) is 0 Å². The van der Waals surface area contributed by atoms with Crippen LogP contribution in [0.15, 0.2) is 57.6 Å². The van der Waals surface area contributed by atoms with Crippen molar-refractivity contribution < 1.29 is 17.6 Å². The van der Waals surface area contributed by atoms with Gasteiger partial charge in [0.2, 0.25) is 15.7 Å². The van der Waals surface area contributed by atoms with Crippen LogP contribution < -0.4 is 5.32 Å². The minimum Gasteiger partial charge on any atom is -0.324 e. The molecule has 0 saturated carbocycles. The number of thiophene rings is 1. The largest absolute Gasteiger partial charge is 0.324 e. The molecule has 0 fully saturated rings. The zero-order chi connectivity index (χ0) is 20.1. The quantitative estimate of drug-likeness (QED) is 0.566. The number of hydrogen-bond acceptors (Lipinski definition) is 4. The second-order valence-corrected chi connectivity index (χ2v) is 9.97. The van der Waals surface area contributed by atoms with E-state index in [-0.39, 0.29) is 33.4 Å². The van der Waals surface area contributed by atoms with Gasteiger partial charge in [-0.2, -0.15) is 0 Å². The van der Waals surface area contributed by atoms with Crippen LogP contribution in [-0.4, -0.2) is 14.3 Å². The maximum Gasteiger partial charge on any atom is 0.225 e. The fourth-order valence-corrected chi connectivity index (χ4v) is 6.38. The number of carbonyl (C=O) groups is 1. The van der Waals surface area contributed by atoms with Crippen molar-refractivity contribution in [2.45, 2.75) is 22.1 Å². The van der Waals surface area contributed by atoms with Gasteiger partial charge in [0.25, 0.3) is 0 Å². The molecule has 1 aliphatic rings. The van der Waals surface area contributed by atoms with Crippen LogP contribution in [0.2, 0.25) is 10.0 Å². The summed E-state index contributed by atoms with van der Waals surface area (Å²) in [6, 6.07) is 9.90. The van der Waals surface area contributed by atoms with Crippen molar-refractivity contribution in [1.82, 2.24) is 0 Å². The van der Waals surface area contributed by atoms with E-state index in [1.807, 2.05) is 0 Å². The third-order valence-electron chi connectivity index (χ3n) is 4.50. The van der Waals surface area contributed by atoms with Crippen molar-refractivity contribution in [2.24, 2.45) is 0 Å². The molecule has 0 spiro atoms. The third-order valence-corrected chi connectivity index (χ3v) is 8.03. The van der Waals surface area contributed by atoms with Crippen molar-refractivity contribution in [2.75, 3.05) is 5.32 Å². The summed E-state index contributed by atoms with van der Waals surface area (Å²) in [7, 11) is -3.88. The number of nitrogens with one attached hydrogen (secondary N) is 1. The second-order valence-electron chi connectivity index (χ2n) is 6.27. The monoisotopic (exact) mass is 455 g/mol. The van der Waals surface area contributed by atoms with Gasteiger partial charge in [0, 0.05) is 32.6 Å². The molecule has 1 aromatic heterocycles. The Bertz CT molecular complexity index is 1190. The fraction of sp³-hybridized carbons (Fsp3) is 0.105. The zero-order valence-electron chi connectivity index (χ0n) is 14.1. The van der Waals surface area contributed by atoms with E-state index in [0.29, 0.717) is 14.9 Å². The molecule has 144 valence electrons. The average molecular weight is 456 g/mol. The van der Waals surface area contributed by atoms with Crippen LogP contribution in [0, 0.1) is 5.82 Å². The van der Waals surface area contributed by atoms with E-state index < -0.39 is 21.6 Å². The van der Waals surface area contributed by atoms with E-state index >= 15 is 0 Å². The van der Waals surface area contributed by atoms with Gasteiger partial charge < -0.3 is 5.32 Å². The molecular formula is C19H12Cl2FNO3S2. The first kappa shape index (κ1) is 19.4. The number of hydrogen-bond donors (Lipinski definition) is 1. The van der Waals surface area contributed by atoms with E-state index in [0.717, 1.165) is 0 Å². The summed E-state index contributed by atoms with van der Waals surface area (Å²) in [5.41, 5.74) is 0.460. The lowest BCUT2D eigenvalue weighted by Gasteiger charge is -2.24. The predicted octanol–water partition coefficient (Wildman–Crippen LogP) is 5.50. The number of benzene rings is 2. The number of anilines is 1. The summed E-state index contributed by atoms with van der Waals surface area (Å²) in [4.78, 5) is 12.9. The molecule has 1 aliphatic heterocycles. The number of halogens is 3. The summed E-state index contributed by atoms with van der Waals surface area (Å²) in [5.74, 6) is -1.49. The van der Waals surface area contributed by atoms with Crippen LogP contribution in [-0.2, 0) is 14.6 Å². The smallest absolute Gasteiger partial charge is 0.225 e. The molecule has 2 heterocycles. The molecule has 1 atom stereocenters. The Morgan fingerprint density at radius 2 is 1.75 bits per heavy atom. The topological polar surface area (TPSA) is 63.2 Å². The summed E-state index contributed by atoms with van der Waals surface area (Å²) in [6.07, 6.45) is 0.00517. The van der Waals surface area contributed by atoms with E-state index in [2.05, 4.69) is 5.32 Å². The molecule has 9 heteroatoms. The molecular weight excluding hydrogens is 444 g/mol. The van der Waals surface area contributed by atoms with Crippen LogP contribution in [0.5, 0.6) is 0 Å². The lowest BCUT2D eigenvalue weighted by Crippen LogP contribution is -2.24. The third kappa shape index (κ3) is 3.33. The van der Waals surface area contributed by atoms with Gasteiger partial charge in [-0.05, 0) is 48.0 Å². The van der Waals surface area contributed by atoms with E-state index in [1.54, 1.807) is 0 Å². The van der Waals surface area contributed by atoms with E-state index in [1.165, 1.54) is 59.2 Å². The van der Waals surface area contributed by atoms with Crippen LogP contribution in [0.1, 0.15) is 22.8 Å².